The number of nitro groups is 1. The van der Waals surface area contributed by atoms with Crippen LogP contribution in [0.3, 0.4) is 0 Å². The molecule has 0 spiro atoms. The minimum atomic E-state index is -0.495. The number of aromatic nitrogens is 3. The van der Waals surface area contributed by atoms with Gasteiger partial charge in [-0.3, -0.25) is 0 Å². The topological polar surface area (TPSA) is 93.6 Å². The van der Waals surface area contributed by atoms with E-state index in [1.54, 1.807) is 26.0 Å². The van der Waals surface area contributed by atoms with Gasteiger partial charge in [0.05, 0.1) is 6.10 Å². The molecule has 0 aliphatic rings. The van der Waals surface area contributed by atoms with Crippen molar-refractivity contribution in [2.24, 2.45) is 0 Å². The zero-order chi connectivity index (χ0) is 13.3. The largest absolute Gasteiger partial charge is 0.393 e. The molecule has 0 amide bonds. The monoisotopic (exact) mass is 268 g/mol. The van der Waals surface area contributed by atoms with Crippen LogP contribution in [0.4, 0.5) is 5.82 Å². The molecular weight excluding hydrogens is 256 g/mol. The molecule has 18 heavy (non-hydrogen) atoms. The molecule has 0 radical (unpaired) electrons. The van der Waals surface area contributed by atoms with Gasteiger partial charge in [0.15, 0.2) is 0 Å². The second-order valence-electron chi connectivity index (χ2n) is 3.88. The fourth-order valence-corrected chi connectivity index (χ4v) is 2.22. The average Bonchev–Trinajstić information content (AvgIpc) is 2.61. The maximum absolute atomic E-state index is 10.9. The van der Waals surface area contributed by atoms with Crippen molar-refractivity contribution >= 4 is 23.2 Å². The minimum absolute atomic E-state index is 0.121. The summed E-state index contributed by atoms with van der Waals surface area (Å²) in [6, 6.07) is 3.41. The van der Waals surface area contributed by atoms with Crippen LogP contribution in [0.25, 0.3) is 5.65 Å². The molecule has 0 aliphatic heterocycles. The zero-order valence-electron chi connectivity index (χ0n) is 9.90. The predicted molar refractivity (Wildman–Crippen MR) is 66.8 cm³/mol. The number of hydrogen-bond acceptors (Lipinski definition) is 6. The Bertz CT molecular complexity index is 596. The molecule has 2 aromatic heterocycles. The molecular formula is C10H12N4O3S. The van der Waals surface area contributed by atoms with Crippen LogP contribution in [0.5, 0.6) is 0 Å². The van der Waals surface area contributed by atoms with E-state index in [4.69, 9.17) is 0 Å². The third-order valence-electron chi connectivity index (χ3n) is 2.24. The maximum atomic E-state index is 10.9. The van der Waals surface area contributed by atoms with Gasteiger partial charge in [-0.1, -0.05) is 21.4 Å². The smallest absolute Gasteiger partial charge is 0.371 e. The first-order chi connectivity index (χ1) is 8.49. The third-order valence-corrected chi connectivity index (χ3v) is 3.40. The molecule has 1 unspecified atom stereocenters. The lowest BCUT2D eigenvalue weighted by molar-refractivity contribution is -0.391. The van der Waals surface area contributed by atoms with Crippen molar-refractivity contribution in [3.8, 4) is 0 Å². The predicted octanol–water partition coefficient (Wildman–Crippen LogP) is 1.42. The van der Waals surface area contributed by atoms with E-state index in [0.29, 0.717) is 22.1 Å². The maximum Gasteiger partial charge on any atom is 0.371 e. The molecule has 0 bridgehead atoms. The summed E-state index contributed by atoms with van der Waals surface area (Å²) in [4.78, 5) is 14.5. The van der Waals surface area contributed by atoms with E-state index in [0.717, 1.165) is 0 Å². The molecule has 8 heteroatoms. The molecule has 1 atom stereocenters. The van der Waals surface area contributed by atoms with Crippen LogP contribution < -0.4 is 0 Å². The van der Waals surface area contributed by atoms with Gasteiger partial charge in [0.25, 0.3) is 0 Å². The second-order valence-corrected chi connectivity index (χ2v) is 4.92. The minimum Gasteiger partial charge on any atom is -0.393 e. The van der Waals surface area contributed by atoms with Crippen LogP contribution in [-0.2, 0) is 0 Å². The van der Waals surface area contributed by atoms with Gasteiger partial charge in [0.1, 0.15) is 10.7 Å². The second kappa shape index (κ2) is 4.91. The highest BCUT2D eigenvalue weighted by molar-refractivity contribution is 7.99. The quantitative estimate of drug-likeness (QED) is 0.512. The van der Waals surface area contributed by atoms with Gasteiger partial charge in [0, 0.05) is 11.8 Å². The lowest BCUT2D eigenvalue weighted by atomic mass is 10.5. The van der Waals surface area contributed by atoms with Crippen LogP contribution in [0, 0.1) is 17.0 Å². The van der Waals surface area contributed by atoms with E-state index in [1.165, 1.54) is 16.3 Å². The number of aliphatic hydroxyl groups excluding tert-OH is 1. The van der Waals surface area contributed by atoms with Crippen molar-refractivity contribution in [2.75, 3.05) is 5.75 Å². The standard InChI is InChI=1S/C10H12N4O3S/c1-6(15)5-18-9-4-3-8-11-7(2)10(14(16)17)13(8)12-9/h3-4,6,15H,5H2,1-2H3. The Labute approximate surface area is 107 Å². The Morgan fingerprint density at radius 2 is 2.33 bits per heavy atom. The Morgan fingerprint density at radius 3 is 2.94 bits per heavy atom. The summed E-state index contributed by atoms with van der Waals surface area (Å²) in [5, 5.41) is 24.9. The number of rotatable bonds is 4. The number of fused-ring (bicyclic) bond motifs is 1. The third kappa shape index (κ3) is 2.44. The number of hydrogen-bond donors (Lipinski definition) is 1. The van der Waals surface area contributed by atoms with Gasteiger partial charge >= 0.3 is 5.82 Å². The molecule has 0 aliphatic carbocycles. The molecule has 2 heterocycles. The molecule has 0 saturated heterocycles. The molecule has 0 fully saturated rings. The summed E-state index contributed by atoms with van der Waals surface area (Å²) < 4.78 is 1.22. The number of thioether (sulfide) groups is 1. The van der Waals surface area contributed by atoms with Gasteiger partial charge in [-0.15, -0.1) is 0 Å². The SMILES string of the molecule is Cc1nc2ccc(SCC(C)O)nn2c1[N+](=O)[O-]. The van der Waals surface area contributed by atoms with Crippen molar-refractivity contribution in [1.29, 1.82) is 0 Å². The lowest BCUT2D eigenvalue weighted by Gasteiger charge is -2.01. The fourth-order valence-electron chi connectivity index (χ4n) is 1.51. The molecule has 7 nitrogen and oxygen atoms in total. The van der Waals surface area contributed by atoms with Gasteiger partial charge in [-0.2, -0.15) is 0 Å². The van der Waals surface area contributed by atoms with Gasteiger partial charge in [-0.25, -0.2) is 4.98 Å². The van der Waals surface area contributed by atoms with Crippen molar-refractivity contribution in [3.05, 3.63) is 27.9 Å². The van der Waals surface area contributed by atoms with Crippen LogP contribution >= 0.6 is 11.8 Å². The first kappa shape index (κ1) is 12.8. The molecule has 96 valence electrons. The first-order valence-corrected chi connectivity index (χ1v) is 6.29. The zero-order valence-corrected chi connectivity index (χ0v) is 10.7. The van der Waals surface area contributed by atoms with Crippen molar-refractivity contribution in [1.82, 2.24) is 14.6 Å². The Kier molecular flexibility index (Phi) is 3.48. The van der Waals surface area contributed by atoms with E-state index in [1.807, 2.05) is 0 Å². The fraction of sp³-hybridized carbons (Fsp3) is 0.400. The van der Waals surface area contributed by atoms with Gasteiger partial charge < -0.3 is 15.2 Å². The number of aliphatic hydroxyl groups is 1. The summed E-state index contributed by atoms with van der Waals surface area (Å²) >= 11 is 1.34. The van der Waals surface area contributed by atoms with Crippen molar-refractivity contribution < 1.29 is 10.0 Å². The summed E-state index contributed by atoms with van der Waals surface area (Å²) in [6.45, 7) is 3.25. The molecule has 2 rings (SSSR count). The lowest BCUT2D eigenvalue weighted by Crippen LogP contribution is -2.04. The summed E-state index contributed by atoms with van der Waals surface area (Å²) in [5.41, 5.74) is 0.783. The Hall–Kier alpha value is -1.67. The Balaban J connectivity index is 2.42. The van der Waals surface area contributed by atoms with E-state index in [9.17, 15) is 15.2 Å². The van der Waals surface area contributed by atoms with Crippen LogP contribution in [0.1, 0.15) is 12.6 Å². The normalized spacial score (nSPS) is 12.8. The van der Waals surface area contributed by atoms with E-state index in [-0.39, 0.29) is 5.82 Å². The molecule has 0 saturated carbocycles. The highest BCUT2D eigenvalue weighted by Gasteiger charge is 2.21. The average molecular weight is 268 g/mol. The van der Waals surface area contributed by atoms with Crippen molar-refractivity contribution in [3.63, 3.8) is 0 Å². The molecule has 0 aromatic carbocycles. The number of nitrogens with zero attached hydrogens (tertiary/aromatic N) is 4. The molecule has 1 N–H and O–H groups in total. The van der Waals surface area contributed by atoms with Gasteiger partial charge in [0.2, 0.25) is 5.65 Å². The van der Waals surface area contributed by atoms with E-state index < -0.39 is 11.0 Å². The highest BCUT2D eigenvalue weighted by atomic mass is 32.2. The molecule has 2 aromatic rings. The summed E-state index contributed by atoms with van der Waals surface area (Å²) in [6.07, 6.45) is -0.452. The highest BCUT2D eigenvalue weighted by Crippen LogP contribution is 2.22. The first-order valence-electron chi connectivity index (χ1n) is 5.30. The van der Waals surface area contributed by atoms with E-state index >= 15 is 0 Å². The van der Waals surface area contributed by atoms with Crippen LogP contribution in [0.2, 0.25) is 0 Å². The van der Waals surface area contributed by atoms with Gasteiger partial charge in [-0.05, 0) is 24.8 Å². The van der Waals surface area contributed by atoms with Crippen molar-refractivity contribution in [2.45, 2.75) is 25.0 Å². The van der Waals surface area contributed by atoms with Crippen LogP contribution in [-0.4, -0.2) is 36.5 Å². The van der Waals surface area contributed by atoms with Crippen LogP contribution in [0.15, 0.2) is 17.2 Å². The van der Waals surface area contributed by atoms with E-state index in [2.05, 4.69) is 10.1 Å². The number of imidazole rings is 1. The Morgan fingerprint density at radius 1 is 1.61 bits per heavy atom. The number of aryl methyl sites for hydroxylation is 1. The summed E-state index contributed by atoms with van der Waals surface area (Å²) in [5.74, 6) is 0.365. The summed E-state index contributed by atoms with van der Waals surface area (Å²) in [7, 11) is 0.